The van der Waals surface area contributed by atoms with Crippen LogP contribution in [0.4, 0.5) is 8.78 Å². The van der Waals surface area contributed by atoms with Gasteiger partial charge < -0.3 is 44.1 Å². The number of benzene rings is 2. The van der Waals surface area contributed by atoms with Crippen LogP contribution in [0.3, 0.4) is 0 Å². The van der Waals surface area contributed by atoms with Crippen molar-refractivity contribution in [3.63, 3.8) is 0 Å². The second kappa shape index (κ2) is 19.5. The first-order valence-corrected chi connectivity index (χ1v) is 20.6. The predicted molar refractivity (Wildman–Crippen MR) is 230 cm³/mol. The van der Waals surface area contributed by atoms with Gasteiger partial charge in [-0.1, -0.05) is 71.8 Å². The molecule has 0 bridgehead atoms. The highest BCUT2D eigenvalue weighted by molar-refractivity contribution is 5.96. The van der Waals surface area contributed by atoms with Crippen molar-refractivity contribution in [1.82, 2.24) is 0 Å². The lowest BCUT2D eigenvalue weighted by molar-refractivity contribution is -0.152. The van der Waals surface area contributed by atoms with Crippen LogP contribution < -0.4 is 0 Å². The van der Waals surface area contributed by atoms with E-state index in [1.54, 1.807) is 52.8 Å². The zero-order valence-electron chi connectivity index (χ0n) is 37.4. The van der Waals surface area contributed by atoms with Crippen LogP contribution in [-0.4, -0.2) is 104 Å². The summed E-state index contributed by atoms with van der Waals surface area (Å²) in [7, 11) is 0. The number of cyclic esters (lactones) is 1. The van der Waals surface area contributed by atoms with Gasteiger partial charge in [-0.25, -0.2) is 18.4 Å². The third-order valence-electron chi connectivity index (χ3n) is 11.0. The molecule has 2 aromatic carbocycles. The highest BCUT2D eigenvalue weighted by atomic mass is 19.1. The summed E-state index contributed by atoms with van der Waals surface area (Å²) in [6.07, 6.45) is 6.22. The van der Waals surface area contributed by atoms with Gasteiger partial charge in [-0.05, 0) is 130 Å². The Kier molecular flexibility index (Phi) is 15.9. The minimum Gasteiger partial charge on any atom is -0.478 e. The number of halogens is 2. The Hall–Kier alpha value is -4.08. The number of aliphatic hydroxyl groups excluding tert-OH is 3. The first kappa shape index (κ1) is 49.6. The van der Waals surface area contributed by atoms with E-state index < -0.39 is 83.7 Å². The third-order valence-corrected chi connectivity index (χ3v) is 11.0. The van der Waals surface area contributed by atoms with Gasteiger partial charge in [0.25, 0.3) is 0 Å². The molecule has 0 spiro atoms. The van der Waals surface area contributed by atoms with E-state index in [1.165, 1.54) is 45.9 Å². The molecule has 11 nitrogen and oxygen atoms in total. The second-order valence-electron chi connectivity index (χ2n) is 17.7. The number of alkyl halides is 2. The van der Waals surface area contributed by atoms with E-state index in [9.17, 15) is 34.4 Å². The molecular weight excluding hydrogens is 791 g/mol. The topological polar surface area (TPSA) is 161 Å². The van der Waals surface area contributed by atoms with E-state index in [-0.39, 0.29) is 5.56 Å². The average molecular weight is 855 g/mol. The van der Waals surface area contributed by atoms with Crippen molar-refractivity contribution in [3.8, 4) is 0 Å². The minimum absolute atomic E-state index is 0.241. The van der Waals surface area contributed by atoms with Crippen molar-refractivity contribution in [3.05, 3.63) is 105 Å². The number of carbonyl (C=O) groups excluding carboxylic acids is 1. The Balaban J connectivity index is 0.000000269. The fourth-order valence-electron chi connectivity index (χ4n) is 7.56. The maximum atomic E-state index is 15.3. The summed E-state index contributed by atoms with van der Waals surface area (Å²) in [6.45, 7) is 19.8. The quantitative estimate of drug-likeness (QED) is 0.149. The Bertz CT molecular complexity index is 2010. The van der Waals surface area contributed by atoms with Gasteiger partial charge in [-0.2, -0.15) is 0 Å². The fourth-order valence-corrected chi connectivity index (χ4v) is 7.56. The maximum Gasteiger partial charge on any atom is 0.339 e. The number of hydrogen-bond acceptors (Lipinski definition) is 10. The minimum atomic E-state index is -1.98. The number of fused-ring (bicyclic) bond motifs is 2. The van der Waals surface area contributed by atoms with Gasteiger partial charge in [0.2, 0.25) is 0 Å². The number of aromatic carboxylic acids is 1. The molecule has 13 heteroatoms. The molecule has 0 amide bonds. The Morgan fingerprint density at radius 2 is 1.59 bits per heavy atom. The number of rotatable bonds is 8. The maximum absolute atomic E-state index is 15.3. The molecule has 2 saturated heterocycles. The molecule has 0 aromatic heterocycles. The molecule has 3 aliphatic rings. The molecule has 5 rings (SSSR count). The van der Waals surface area contributed by atoms with Crippen LogP contribution in [-0.2, 0) is 23.7 Å². The second-order valence-corrected chi connectivity index (χ2v) is 17.7. The molecule has 8 unspecified atom stereocenters. The van der Waals surface area contributed by atoms with Crippen LogP contribution in [0.5, 0.6) is 0 Å². The molecule has 336 valence electrons. The molecule has 3 heterocycles. The average Bonchev–Trinajstić information content (AvgIpc) is 3.61. The fraction of sp³-hybridized carbons (Fsp3) is 0.542. The summed E-state index contributed by atoms with van der Waals surface area (Å²) in [6, 6.07) is 7.42. The number of carbonyl (C=O) groups is 2. The molecule has 2 fully saturated rings. The van der Waals surface area contributed by atoms with Gasteiger partial charge in [-0.15, -0.1) is 0 Å². The zero-order valence-corrected chi connectivity index (χ0v) is 37.4. The smallest absolute Gasteiger partial charge is 0.339 e. The van der Waals surface area contributed by atoms with E-state index in [0.717, 1.165) is 22.8 Å². The van der Waals surface area contributed by atoms with Crippen molar-refractivity contribution in [2.45, 2.75) is 168 Å². The van der Waals surface area contributed by atoms with Gasteiger partial charge in [0.1, 0.15) is 30.5 Å². The summed E-state index contributed by atoms with van der Waals surface area (Å²) in [5, 5.41) is 40.2. The van der Waals surface area contributed by atoms with Crippen LogP contribution in [0.1, 0.15) is 122 Å². The standard InChI is InChI=1S/C24H33FO6.C24H31FO5/c1-14-12-15(2)20(22(28)29)17(13-14)8-7-9-19-21(31-23(4,5)30-19)18(27)10-11-24(6,25)16(3)26;1-14-12-15(2)20-17(13-14)8-7-9-19-21(30-23(4,5)29-19)18(26)10-11-24(6,25)16(3)28-22(20)27/h7-8,10-13,16,18-19,21,26-27H,9H2,1-6H3,(H,28,29);7-8,10-13,16,18-19,21,26H,9H2,1-6H3/b2*8-7+,11-10-/t2*16?,18?,19-,21?,24?/m00/s1. The van der Waals surface area contributed by atoms with Gasteiger partial charge in [0.05, 0.1) is 29.4 Å². The van der Waals surface area contributed by atoms with Gasteiger partial charge in [0, 0.05) is 0 Å². The zero-order chi connectivity index (χ0) is 45.8. The van der Waals surface area contributed by atoms with Crippen molar-refractivity contribution in [1.29, 1.82) is 0 Å². The Morgan fingerprint density at radius 1 is 0.967 bits per heavy atom. The number of esters is 1. The van der Waals surface area contributed by atoms with Crippen molar-refractivity contribution in [2.24, 2.45) is 0 Å². The van der Waals surface area contributed by atoms with E-state index >= 15 is 4.39 Å². The molecule has 10 atom stereocenters. The Morgan fingerprint density at radius 3 is 2.23 bits per heavy atom. The molecule has 61 heavy (non-hydrogen) atoms. The van der Waals surface area contributed by atoms with E-state index in [2.05, 4.69) is 0 Å². The van der Waals surface area contributed by atoms with E-state index in [4.69, 9.17) is 23.7 Å². The predicted octanol–water partition coefficient (Wildman–Crippen LogP) is 8.38. The lowest BCUT2D eigenvalue weighted by atomic mass is 9.95. The van der Waals surface area contributed by atoms with Crippen LogP contribution in [0.15, 0.2) is 60.7 Å². The summed E-state index contributed by atoms with van der Waals surface area (Å²) in [5.41, 5.74) is 1.40. The van der Waals surface area contributed by atoms with Crippen LogP contribution in [0.2, 0.25) is 0 Å². The highest BCUT2D eigenvalue weighted by Crippen LogP contribution is 2.35. The first-order chi connectivity index (χ1) is 28.1. The summed E-state index contributed by atoms with van der Waals surface area (Å²) >= 11 is 0. The number of carboxylic acid groups (broad SMARTS) is 1. The lowest BCUT2D eigenvalue weighted by Crippen LogP contribution is -2.37. The van der Waals surface area contributed by atoms with Crippen molar-refractivity contribution >= 4 is 24.1 Å². The normalized spacial score (nSPS) is 30.5. The van der Waals surface area contributed by atoms with Gasteiger partial charge in [-0.3, -0.25) is 0 Å². The summed E-state index contributed by atoms with van der Waals surface area (Å²) < 4.78 is 58.6. The molecular formula is C48H64F2O11. The van der Waals surface area contributed by atoms with Crippen LogP contribution in [0.25, 0.3) is 12.2 Å². The van der Waals surface area contributed by atoms with E-state index in [0.29, 0.717) is 35.1 Å². The largest absolute Gasteiger partial charge is 0.478 e. The number of carboxylic acids is 1. The first-order valence-electron chi connectivity index (χ1n) is 20.6. The Labute approximate surface area is 358 Å². The molecule has 0 aliphatic carbocycles. The van der Waals surface area contributed by atoms with Crippen molar-refractivity contribution in [2.75, 3.05) is 0 Å². The lowest BCUT2D eigenvalue weighted by Gasteiger charge is -2.26. The van der Waals surface area contributed by atoms with Crippen LogP contribution in [0, 0.1) is 27.7 Å². The number of aliphatic hydroxyl groups is 3. The molecule has 2 aromatic rings. The molecule has 4 N–H and O–H groups in total. The van der Waals surface area contributed by atoms with Gasteiger partial charge in [0.15, 0.2) is 22.9 Å². The highest BCUT2D eigenvalue weighted by Gasteiger charge is 2.45. The SMILES string of the molecule is Cc1cc(C)c(C(=O)O)c(/C=C/C[C@@H]2OC(C)(C)OC2C(O)/C=C\C(C)(F)C(C)O)c1.Cc1cc(C)c2c(c1)/C=C/C[C@@H]1OC(C)(C)OC1C(O)/C=C\C(C)(F)C(C)OC2=O. The van der Waals surface area contributed by atoms with Crippen molar-refractivity contribution < 1.29 is 62.5 Å². The van der Waals surface area contributed by atoms with Gasteiger partial charge >= 0.3 is 11.9 Å². The number of aryl methyl sites for hydroxylation is 4. The third kappa shape index (κ3) is 13.0. The number of hydrogen-bond donors (Lipinski definition) is 4. The summed E-state index contributed by atoms with van der Waals surface area (Å²) in [4.78, 5) is 24.5. The van der Waals surface area contributed by atoms with Crippen LogP contribution >= 0.6 is 0 Å². The van der Waals surface area contributed by atoms with E-state index in [1.807, 2.05) is 51.1 Å². The summed E-state index contributed by atoms with van der Waals surface area (Å²) in [5.74, 6) is -3.37. The molecule has 3 aliphatic heterocycles. The number of ether oxygens (including phenoxy) is 5. The molecule has 0 radical (unpaired) electrons. The monoisotopic (exact) mass is 854 g/mol. The molecule has 0 saturated carbocycles.